The molecule has 1 aliphatic heterocycles. The van der Waals surface area contributed by atoms with Crippen molar-refractivity contribution >= 4 is 11.5 Å². The predicted octanol–water partition coefficient (Wildman–Crippen LogP) is 2.15. The number of hydrogen-bond acceptors (Lipinski definition) is 3. The van der Waals surface area contributed by atoms with Crippen LogP contribution in [-0.2, 0) is 9.53 Å². The van der Waals surface area contributed by atoms with Gasteiger partial charge in [-0.15, -0.1) is 0 Å². The molecule has 0 unspecified atom stereocenters. The molecule has 1 heterocycles. The second-order valence-electron chi connectivity index (χ2n) is 3.81. The van der Waals surface area contributed by atoms with E-state index in [-0.39, 0.29) is 11.8 Å². The van der Waals surface area contributed by atoms with Crippen LogP contribution >= 0.6 is 0 Å². The van der Waals surface area contributed by atoms with Gasteiger partial charge in [-0.1, -0.05) is 0 Å². The van der Waals surface area contributed by atoms with Gasteiger partial charge in [0, 0.05) is 12.3 Å². The van der Waals surface area contributed by atoms with Crippen LogP contribution in [0.3, 0.4) is 0 Å². The van der Waals surface area contributed by atoms with E-state index in [4.69, 9.17) is 4.74 Å². The largest absolute Gasteiger partial charge is 0.450 e. The van der Waals surface area contributed by atoms with Gasteiger partial charge in [0.15, 0.2) is 0 Å². The number of halogens is 3. The molecule has 1 fully saturated rings. The lowest BCUT2D eigenvalue weighted by atomic mass is 10.2. The Morgan fingerprint density at radius 3 is 2.69 bits per heavy atom. The van der Waals surface area contributed by atoms with Crippen molar-refractivity contribution in [3.8, 4) is 0 Å². The molecule has 1 atom stereocenters. The Morgan fingerprint density at radius 1 is 1.50 bits per heavy atom. The standard InChI is InChI=1S/C10H14F3NO2/c1-7(5-9(15)10(11,12)13)14-6-8-3-2-4-16-8/h8H,2-6H2,1H3/t8-/m1/s1. The Balaban J connectivity index is 2.36. The lowest BCUT2D eigenvalue weighted by Gasteiger charge is -2.07. The van der Waals surface area contributed by atoms with Crippen LogP contribution in [0.5, 0.6) is 0 Å². The van der Waals surface area contributed by atoms with Crippen LogP contribution in [-0.4, -0.2) is 36.9 Å². The van der Waals surface area contributed by atoms with Gasteiger partial charge in [-0.05, 0) is 19.8 Å². The van der Waals surface area contributed by atoms with E-state index in [1.807, 2.05) is 0 Å². The van der Waals surface area contributed by atoms with Gasteiger partial charge in [0.25, 0.3) is 0 Å². The van der Waals surface area contributed by atoms with E-state index in [2.05, 4.69) is 4.99 Å². The summed E-state index contributed by atoms with van der Waals surface area (Å²) in [5, 5.41) is 0. The molecule has 16 heavy (non-hydrogen) atoms. The average Bonchev–Trinajstić information content (AvgIpc) is 2.65. The topological polar surface area (TPSA) is 38.7 Å². The van der Waals surface area contributed by atoms with Crippen molar-refractivity contribution in [2.45, 2.75) is 38.5 Å². The minimum absolute atomic E-state index is 0.00376. The van der Waals surface area contributed by atoms with E-state index in [0.29, 0.717) is 13.2 Å². The fourth-order valence-electron chi connectivity index (χ4n) is 1.43. The first-order valence-corrected chi connectivity index (χ1v) is 5.11. The van der Waals surface area contributed by atoms with Crippen LogP contribution < -0.4 is 0 Å². The number of ketones is 1. The first-order chi connectivity index (χ1) is 7.39. The van der Waals surface area contributed by atoms with E-state index in [1.165, 1.54) is 6.92 Å². The van der Waals surface area contributed by atoms with E-state index in [9.17, 15) is 18.0 Å². The quantitative estimate of drug-likeness (QED) is 0.703. The highest BCUT2D eigenvalue weighted by Gasteiger charge is 2.37. The Hall–Kier alpha value is -0.910. The Kier molecular flexibility index (Phi) is 4.46. The van der Waals surface area contributed by atoms with Gasteiger partial charge in [0.1, 0.15) is 0 Å². The number of hydrogen-bond donors (Lipinski definition) is 0. The van der Waals surface area contributed by atoms with Gasteiger partial charge in [0.05, 0.1) is 19.1 Å². The maximum absolute atomic E-state index is 11.9. The number of carbonyl (C=O) groups is 1. The van der Waals surface area contributed by atoms with E-state index < -0.39 is 18.4 Å². The summed E-state index contributed by atoms with van der Waals surface area (Å²) < 4.78 is 41.0. The molecule has 0 aromatic rings. The Labute approximate surface area is 91.7 Å². The van der Waals surface area contributed by atoms with Gasteiger partial charge in [-0.2, -0.15) is 13.2 Å². The predicted molar refractivity (Wildman–Crippen MR) is 52.6 cm³/mol. The molecular formula is C10H14F3NO2. The fraction of sp³-hybridized carbons (Fsp3) is 0.800. The van der Waals surface area contributed by atoms with Crippen molar-refractivity contribution in [2.24, 2.45) is 4.99 Å². The van der Waals surface area contributed by atoms with Gasteiger partial charge < -0.3 is 4.74 Å². The minimum Gasteiger partial charge on any atom is -0.376 e. The smallest absolute Gasteiger partial charge is 0.376 e. The molecule has 0 aromatic heterocycles. The van der Waals surface area contributed by atoms with Crippen LogP contribution in [0.2, 0.25) is 0 Å². The maximum Gasteiger partial charge on any atom is 0.450 e. The number of aliphatic imine (C=N–C) groups is 1. The van der Waals surface area contributed by atoms with Crippen molar-refractivity contribution in [3.05, 3.63) is 0 Å². The number of Topliss-reactive ketones (excluding diaryl/α,β-unsaturated/α-hetero) is 1. The second kappa shape index (κ2) is 5.43. The number of rotatable bonds is 4. The van der Waals surface area contributed by atoms with E-state index in [1.54, 1.807) is 0 Å². The van der Waals surface area contributed by atoms with Gasteiger partial charge in [-0.25, -0.2) is 0 Å². The lowest BCUT2D eigenvalue weighted by Crippen LogP contribution is -2.25. The molecule has 0 bridgehead atoms. The molecule has 0 amide bonds. The molecule has 1 aliphatic rings. The summed E-state index contributed by atoms with van der Waals surface area (Å²) in [6.45, 7) is 2.45. The molecule has 0 aromatic carbocycles. The van der Waals surface area contributed by atoms with E-state index >= 15 is 0 Å². The highest BCUT2D eigenvalue weighted by molar-refractivity contribution is 6.03. The van der Waals surface area contributed by atoms with Crippen molar-refractivity contribution in [1.82, 2.24) is 0 Å². The summed E-state index contributed by atoms with van der Waals surface area (Å²) >= 11 is 0. The van der Waals surface area contributed by atoms with Crippen molar-refractivity contribution in [3.63, 3.8) is 0 Å². The third kappa shape index (κ3) is 4.30. The number of carbonyl (C=O) groups excluding carboxylic acids is 1. The van der Waals surface area contributed by atoms with Crippen LogP contribution in [0.15, 0.2) is 4.99 Å². The molecule has 3 nitrogen and oxygen atoms in total. The monoisotopic (exact) mass is 237 g/mol. The van der Waals surface area contributed by atoms with E-state index in [0.717, 1.165) is 12.8 Å². The Bertz CT molecular complexity index is 280. The average molecular weight is 237 g/mol. The highest BCUT2D eigenvalue weighted by atomic mass is 19.4. The molecule has 0 spiro atoms. The molecule has 0 radical (unpaired) electrons. The summed E-state index contributed by atoms with van der Waals surface area (Å²) in [6.07, 6.45) is -3.59. The zero-order chi connectivity index (χ0) is 12.2. The molecule has 92 valence electrons. The summed E-state index contributed by atoms with van der Waals surface area (Å²) in [5.74, 6) is -1.75. The normalized spacial score (nSPS) is 22.5. The first kappa shape index (κ1) is 13.2. The summed E-state index contributed by atoms with van der Waals surface area (Å²) in [4.78, 5) is 14.6. The molecule has 1 saturated heterocycles. The summed E-state index contributed by atoms with van der Waals surface area (Å²) in [7, 11) is 0. The molecule has 1 rings (SSSR count). The van der Waals surface area contributed by atoms with Crippen LogP contribution in [0, 0.1) is 0 Å². The third-order valence-corrected chi connectivity index (χ3v) is 2.32. The van der Waals surface area contributed by atoms with Crippen molar-refractivity contribution in [1.29, 1.82) is 0 Å². The summed E-state index contributed by atoms with van der Waals surface area (Å²) in [6, 6.07) is 0. The van der Waals surface area contributed by atoms with Gasteiger partial charge >= 0.3 is 6.18 Å². The Morgan fingerprint density at radius 2 is 2.19 bits per heavy atom. The molecule has 0 saturated carbocycles. The highest BCUT2D eigenvalue weighted by Crippen LogP contribution is 2.18. The fourth-order valence-corrected chi connectivity index (χ4v) is 1.43. The molecule has 6 heteroatoms. The van der Waals surface area contributed by atoms with Crippen LogP contribution in [0.25, 0.3) is 0 Å². The minimum atomic E-state index is -4.76. The summed E-state index contributed by atoms with van der Waals surface area (Å²) in [5.41, 5.74) is 0.206. The van der Waals surface area contributed by atoms with Crippen molar-refractivity contribution < 1.29 is 22.7 Å². The SMILES string of the molecule is CC(CC(=O)C(F)(F)F)=NC[C@H]1CCCO1. The first-order valence-electron chi connectivity index (χ1n) is 5.11. The number of nitrogens with zero attached hydrogens (tertiary/aromatic N) is 1. The molecule has 0 aliphatic carbocycles. The van der Waals surface area contributed by atoms with Gasteiger partial charge in [-0.3, -0.25) is 9.79 Å². The lowest BCUT2D eigenvalue weighted by molar-refractivity contribution is -0.169. The zero-order valence-corrected chi connectivity index (χ0v) is 9.01. The third-order valence-electron chi connectivity index (χ3n) is 2.32. The maximum atomic E-state index is 11.9. The molecule has 0 N–H and O–H groups in total. The number of alkyl halides is 3. The number of ether oxygens (including phenoxy) is 1. The van der Waals surface area contributed by atoms with Crippen LogP contribution in [0.1, 0.15) is 26.2 Å². The van der Waals surface area contributed by atoms with Gasteiger partial charge in [0.2, 0.25) is 5.78 Å². The zero-order valence-electron chi connectivity index (χ0n) is 9.01. The van der Waals surface area contributed by atoms with Crippen LogP contribution in [0.4, 0.5) is 13.2 Å². The molecular weight excluding hydrogens is 223 g/mol. The second-order valence-corrected chi connectivity index (χ2v) is 3.81. The van der Waals surface area contributed by atoms with Crippen molar-refractivity contribution in [2.75, 3.05) is 13.2 Å².